The summed E-state index contributed by atoms with van der Waals surface area (Å²) in [6.45, 7) is 0. The molecule has 2 rings (SSSR count). The van der Waals surface area contributed by atoms with Gasteiger partial charge >= 0.3 is 0 Å². The van der Waals surface area contributed by atoms with E-state index in [-0.39, 0.29) is 0 Å². The summed E-state index contributed by atoms with van der Waals surface area (Å²) >= 11 is 5.08. The van der Waals surface area contributed by atoms with Gasteiger partial charge in [-0.2, -0.15) is 11.8 Å². The number of alkyl halides is 1. The SMILES string of the molecule is FC1(c2ccccc2Br)CCSC1. The van der Waals surface area contributed by atoms with E-state index in [1.165, 1.54) is 0 Å². The molecule has 1 atom stereocenters. The van der Waals surface area contributed by atoms with Crippen molar-refractivity contribution in [2.45, 2.75) is 12.1 Å². The van der Waals surface area contributed by atoms with Gasteiger partial charge in [-0.3, -0.25) is 0 Å². The fourth-order valence-electron chi connectivity index (χ4n) is 1.58. The monoisotopic (exact) mass is 260 g/mol. The molecule has 0 N–H and O–H groups in total. The molecule has 0 bridgehead atoms. The van der Waals surface area contributed by atoms with E-state index in [0.29, 0.717) is 12.2 Å². The third-order valence-electron chi connectivity index (χ3n) is 2.33. The molecule has 0 radical (unpaired) electrons. The van der Waals surface area contributed by atoms with Gasteiger partial charge in [0.15, 0.2) is 0 Å². The maximum Gasteiger partial charge on any atom is 0.146 e. The molecule has 1 aliphatic heterocycles. The zero-order valence-electron chi connectivity index (χ0n) is 7.09. The van der Waals surface area contributed by atoms with Crippen LogP contribution in [-0.4, -0.2) is 11.5 Å². The molecule has 0 aliphatic carbocycles. The summed E-state index contributed by atoms with van der Waals surface area (Å²) in [6.07, 6.45) is 0.639. The van der Waals surface area contributed by atoms with Crippen LogP contribution < -0.4 is 0 Å². The van der Waals surface area contributed by atoms with E-state index in [9.17, 15) is 4.39 Å². The maximum atomic E-state index is 14.3. The summed E-state index contributed by atoms with van der Waals surface area (Å²) in [5, 5.41) is 0. The van der Waals surface area contributed by atoms with Gasteiger partial charge in [0.25, 0.3) is 0 Å². The number of hydrogen-bond acceptors (Lipinski definition) is 1. The smallest absolute Gasteiger partial charge is 0.146 e. The maximum absolute atomic E-state index is 14.3. The fraction of sp³-hybridized carbons (Fsp3) is 0.400. The van der Waals surface area contributed by atoms with E-state index in [2.05, 4.69) is 15.9 Å². The number of thioether (sulfide) groups is 1. The molecular formula is C10H10BrFS. The Morgan fingerprint density at radius 3 is 2.77 bits per heavy atom. The Kier molecular flexibility index (Phi) is 2.65. The van der Waals surface area contributed by atoms with Gasteiger partial charge in [-0.25, -0.2) is 4.39 Å². The highest BCUT2D eigenvalue weighted by molar-refractivity contribution is 9.10. The standard InChI is InChI=1S/C10H10BrFS/c11-9-4-2-1-3-8(9)10(12)5-6-13-7-10/h1-4H,5-7H2. The highest BCUT2D eigenvalue weighted by atomic mass is 79.9. The Morgan fingerprint density at radius 2 is 2.15 bits per heavy atom. The quantitative estimate of drug-likeness (QED) is 0.741. The zero-order chi connectivity index (χ0) is 9.31. The molecule has 13 heavy (non-hydrogen) atoms. The van der Waals surface area contributed by atoms with E-state index in [1.807, 2.05) is 24.3 Å². The van der Waals surface area contributed by atoms with Crippen LogP contribution in [0.3, 0.4) is 0 Å². The molecule has 0 aromatic heterocycles. The first-order valence-corrected chi connectivity index (χ1v) is 6.19. The molecule has 1 saturated heterocycles. The van der Waals surface area contributed by atoms with Gasteiger partial charge in [-0.1, -0.05) is 34.1 Å². The molecule has 1 aliphatic rings. The van der Waals surface area contributed by atoms with Crippen LogP contribution in [0.4, 0.5) is 4.39 Å². The van der Waals surface area contributed by atoms with Gasteiger partial charge in [0.2, 0.25) is 0 Å². The predicted octanol–water partition coefficient (Wildman–Crippen LogP) is 3.75. The van der Waals surface area contributed by atoms with Gasteiger partial charge in [-0.05, 0) is 18.2 Å². The van der Waals surface area contributed by atoms with Crippen molar-refractivity contribution in [1.82, 2.24) is 0 Å². The lowest BCUT2D eigenvalue weighted by Crippen LogP contribution is -2.19. The Bertz CT molecular complexity index is 308. The number of benzene rings is 1. The Labute approximate surface area is 90.0 Å². The molecular weight excluding hydrogens is 251 g/mol. The van der Waals surface area contributed by atoms with Crippen LogP contribution in [0.5, 0.6) is 0 Å². The van der Waals surface area contributed by atoms with Gasteiger partial charge in [-0.15, -0.1) is 0 Å². The lowest BCUT2D eigenvalue weighted by molar-refractivity contribution is 0.201. The second-order valence-electron chi connectivity index (χ2n) is 3.25. The van der Waals surface area contributed by atoms with Crippen molar-refractivity contribution >= 4 is 27.7 Å². The van der Waals surface area contributed by atoms with Crippen molar-refractivity contribution in [3.05, 3.63) is 34.3 Å². The normalized spacial score (nSPS) is 27.8. The van der Waals surface area contributed by atoms with Gasteiger partial charge in [0, 0.05) is 15.8 Å². The zero-order valence-corrected chi connectivity index (χ0v) is 9.50. The van der Waals surface area contributed by atoms with E-state index in [1.54, 1.807) is 11.8 Å². The van der Waals surface area contributed by atoms with Crippen molar-refractivity contribution in [1.29, 1.82) is 0 Å². The largest absolute Gasteiger partial charge is 0.238 e. The number of halogens is 2. The molecule has 0 nitrogen and oxygen atoms in total. The lowest BCUT2D eigenvalue weighted by atomic mass is 9.95. The number of rotatable bonds is 1. The van der Waals surface area contributed by atoms with Crippen molar-refractivity contribution in [3.8, 4) is 0 Å². The van der Waals surface area contributed by atoms with Gasteiger partial charge in [0.1, 0.15) is 5.67 Å². The number of hydrogen-bond donors (Lipinski definition) is 0. The summed E-state index contributed by atoms with van der Waals surface area (Å²) in [6, 6.07) is 7.58. The second-order valence-corrected chi connectivity index (χ2v) is 5.21. The summed E-state index contributed by atoms with van der Waals surface area (Å²) in [5.41, 5.74) is -0.301. The van der Waals surface area contributed by atoms with Crippen molar-refractivity contribution in [2.75, 3.05) is 11.5 Å². The van der Waals surface area contributed by atoms with E-state index < -0.39 is 5.67 Å². The summed E-state index contributed by atoms with van der Waals surface area (Å²) in [5.74, 6) is 1.52. The van der Waals surface area contributed by atoms with Crippen LogP contribution in [0.15, 0.2) is 28.7 Å². The molecule has 0 saturated carbocycles. The first-order valence-electron chi connectivity index (χ1n) is 4.24. The lowest BCUT2D eigenvalue weighted by Gasteiger charge is -2.19. The molecule has 1 fully saturated rings. The fourth-order valence-corrected chi connectivity index (χ4v) is 3.45. The third-order valence-corrected chi connectivity index (χ3v) is 4.18. The first-order chi connectivity index (χ1) is 6.22. The molecule has 1 unspecified atom stereocenters. The molecule has 0 spiro atoms. The topological polar surface area (TPSA) is 0 Å². The summed E-state index contributed by atoms with van der Waals surface area (Å²) < 4.78 is 15.1. The van der Waals surface area contributed by atoms with Crippen LogP contribution in [0, 0.1) is 0 Å². The first kappa shape index (κ1) is 9.53. The molecule has 70 valence electrons. The Hall–Kier alpha value is -0.0200. The van der Waals surface area contributed by atoms with E-state index in [4.69, 9.17) is 0 Å². The molecule has 3 heteroatoms. The van der Waals surface area contributed by atoms with Gasteiger partial charge < -0.3 is 0 Å². The van der Waals surface area contributed by atoms with Crippen LogP contribution in [0.2, 0.25) is 0 Å². The second kappa shape index (κ2) is 3.62. The molecule has 0 amide bonds. The van der Waals surface area contributed by atoms with Crippen molar-refractivity contribution in [2.24, 2.45) is 0 Å². The van der Waals surface area contributed by atoms with Crippen LogP contribution in [0.1, 0.15) is 12.0 Å². The molecule has 1 aromatic carbocycles. The van der Waals surface area contributed by atoms with Crippen molar-refractivity contribution < 1.29 is 4.39 Å². The summed E-state index contributed by atoms with van der Waals surface area (Å²) in [7, 11) is 0. The highest BCUT2D eigenvalue weighted by Crippen LogP contribution is 2.42. The van der Waals surface area contributed by atoms with Crippen molar-refractivity contribution in [3.63, 3.8) is 0 Å². The Morgan fingerprint density at radius 1 is 1.38 bits per heavy atom. The van der Waals surface area contributed by atoms with Gasteiger partial charge in [0.05, 0.1) is 0 Å². The predicted molar refractivity (Wildman–Crippen MR) is 58.9 cm³/mol. The minimum Gasteiger partial charge on any atom is -0.238 e. The Balaban J connectivity index is 2.39. The van der Waals surface area contributed by atoms with Crippen LogP contribution in [0.25, 0.3) is 0 Å². The molecule has 1 aromatic rings. The summed E-state index contributed by atoms with van der Waals surface area (Å²) in [4.78, 5) is 0. The highest BCUT2D eigenvalue weighted by Gasteiger charge is 2.37. The molecule has 1 heterocycles. The average molecular weight is 261 g/mol. The third kappa shape index (κ3) is 1.77. The van der Waals surface area contributed by atoms with E-state index >= 15 is 0 Å². The minimum atomic E-state index is -1.11. The van der Waals surface area contributed by atoms with E-state index in [0.717, 1.165) is 15.8 Å². The van der Waals surface area contributed by atoms with Crippen LogP contribution >= 0.6 is 27.7 Å². The minimum absolute atomic E-state index is 0.593. The van der Waals surface area contributed by atoms with Crippen LogP contribution in [-0.2, 0) is 5.67 Å². The average Bonchev–Trinajstić information content (AvgIpc) is 2.54.